The van der Waals surface area contributed by atoms with Crippen molar-refractivity contribution in [2.24, 2.45) is 23.7 Å². The summed E-state index contributed by atoms with van der Waals surface area (Å²) >= 11 is 12.7. The zero-order valence-electron chi connectivity index (χ0n) is 29.5. The molecule has 0 aromatic heterocycles. The number of amides is 4. The number of likely N-dealkylation sites (tertiary alicyclic amines) is 1. The van der Waals surface area contributed by atoms with Gasteiger partial charge in [-0.2, -0.15) is 5.01 Å². The lowest BCUT2D eigenvalue weighted by Crippen LogP contribution is -2.53. The number of ether oxygens (including phenoxy) is 1. The minimum atomic E-state index is -1.58. The number of nitrogens with zero attached hydrogens (tertiary/aromatic N) is 2. The summed E-state index contributed by atoms with van der Waals surface area (Å²) in [6, 6.07) is 23.7. The zero-order chi connectivity index (χ0) is 38.1. The molecule has 6 atom stereocenters. The number of hydrogen-bond donors (Lipinski definition) is 3. The van der Waals surface area contributed by atoms with E-state index in [1.807, 2.05) is 6.08 Å². The van der Waals surface area contributed by atoms with E-state index in [0.717, 1.165) is 16.1 Å². The third-order valence-corrected chi connectivity index (χ3v) is 12.4. The average Bonchev–Trinajstić information content (AvgIpc) is 3.54. The van der Waals surface area contributed by atoms with Crippen molar-refractivity contribution < 1.29 is 34.1 Å². The van der Waals surface area contributed by atoms with Crippen molar-refractivity contribution in [2.75, 3.05) is 19.1 Å². The smallest absolute Gasteiger partial charge is 0.260 e. The third kappa shape index (κ3) is 5.45. The van der Waals surface area contributed by atoms with Gasteiger partial charge in [-0.1, -0.05) is 77.3 Å². The lowest BCUT2D eigenvalue weighted by molar-refractivity contribution is -0.141. The molecular formula is C42H37Cl2N3O7. The van der Waals surface area contributed by atoms with Crippen molar-refractivity contribution in [3.8, 4) is 17.2 Å². The largest absolute Gasteiger partial charge is 0.508 e. The van der Waals surface area contributed by atoms with E-state index in [4.69, 9.17) is 27.9 Å². The Balaban J connectivity index is 1.27. The second-order valence-electron chi connectivity index (χ2n) is 14.5. The van der Waals surface area contributed by atoms with E-state index in [2.05, 4.69) is 5.43 Å². The van der Waals surface area contributed by atoms with E-state index < -0.39 is 46.8 Å². The molecule has 3 fully saturated rings. The van der Waals surface area contributed by atoms with Gasteiger partial charge in [0.2, 0.25) is 11.8 Å². The Morgan fingerprint density at radius 3 is 2.33 bits per heavy atom. The van der Waals surface area contributed by atoms with Crippen molar-refractivity contribution in [1.82, 2.24) is 9.91 Å². The molecule has 276 valence electrons. The van der Waals surface area contributed by atoms with Crippen LogP contribution < -0.4 is 10.2 Å². The molecule has 8 rings (SSSR count). The number of nitrogens with one attached hydrogen (secondary N) is 1. The van der Waals surface area contributed by atoms with Crippen LogP contribution in [-0.2, 0) is 31.0 Å². The number of para-hydroxylation sites is 1. The molecule has 2 aliphatic carbocycles. The molecule has 0 bridgehead atoms. The number of halogens is 2. The van der Waals surface area contributed by atoms with Gasteiger partial charge >= 0.3 is 0 Å². The number of hydrazine groups is 1. The number of aryl methyl sites for hydroxylation is 1. The second kappa shape index (κ2) is 13.5. The molecule has 4 aromatic rings. The molecule has 12 heteroatoms. The summed E-state index contributed by atoms with van der Waals surface area (Å²) in [7, 11) is 1.54. The summed E-state index contributed by atoms with van der Waals surface area (Å²) < 4.78 is 5.46. The number of rotatable bonds is 8. The van der Waals surface area contributed by atoms with Crippen molar-refractivity contribution >= 4 is 52.5 Å². The standard InChI is InChI=1S/C42H37Cl2N3O7/c1-22-4-3-5-30(37(22)49)36-28-15-16-29-35(40(52)46(38(29)50)19-18-23-6-11-26(48)12-7-23)31(28)21-32-39(51)47(45-34-17-10-25(43)20-33(34)44)41(53)42(32,36)24-8-13-27(54-2)14-9-24/h3-15,17,20,29,31-32,35-36,45,48-49H,16,18-19,21H2,1-2H3/t29-,31+,32-,35-,36+,42+/m0/s1. The number of allylic oxidation sites excluding steroid dienone is 2. The number of benzene rings is 4. The molecule has 10 nitrogen and oxygen atoms in total. The Bertz CT molecular complexity index is 2240. The predicted octanol–water partition coefficient (Wildman–Crippen LogP) is 6.95. The van der Waals surface area contributed by atoms with E-state index >= 15 is 4.79 Å². The summed E-state index contributed by atoms with van der Waals surface area (Å²) in [5.74, 6) is -4.91. The topological polar surface area (TPSA) is 136 Å². The van der Waals surface area contributed by atoms with Gasteiger partial charge in [-0.05, 0) is 91.3 Å². The SMILES string of the molecule is COc1ccc([C@@]23C(=O)N(Nc4ccc(Cl)cc4Cl)C(=O)[C@@H]2C[C@@H]2C(=CC[C@@H]4C(=O)N(CCc5ccc(O)cc5)C(=O)[C@@H]42)[C@@H]3c2cccc(C)c2O)cc1. The summed E-state index contributed by atoms with van der Waals surface area (Å²) in [4.78, 5) is 60.0. The van der Waals surface area contributed by atoms with E-state index in [1.165, 1.54) is 18.1 Å². The third-order valence-electron chi connectivity index (χ3n) is 11.8. The number of methoxy groups -OCH3 is 1. The number of phenols is 2. The number of fused-ring (bicyclic) bond motifs is 4. The minimum absolute atomic E-state index is 0.0189. The van der Waals surface area contributed by atoms with Crippen molar-refractivity contribution in [3.63, 3.8) is 0 Å². The molecule has 4 amide bonds. The molecule has 2 aliphatic heterocycles. The summed E-state index contributed by atoms with van der Waals surface area (Å²) in [5, 5.41) is 23.1. The highest BCUT2D eigenvalue weighted by molar-refractivity contribution is 6.36. The summed E-state index contributed by atoms with van der Waals surface area (Å²) in [6.45, 7) is 1.93. The number of imide groups is 2. The molecule has 1 saturated carbocycles. The maximum absolute atomic E-state index is 15.4. The first-order chi connectivity index (χ1) is 25.9. The number of carbonyl (C=O) groups excluding carboxylic acids is 4. The number of carbonyl (C=O) groups is 4. The normalized spacial score (nSPS) is 26.0. The van der Waals surface area contributed by atoms with Crippen LogP contribution in [0.25, 0.3) is 0 Å². The first-order valence-electron chi connectivity index (χ1n) is 17.8. The molecule has 0 spiro atoms. The molecule has 2 heterocycles. The molecule has 3 N–H and O–H groups in total. The maximum atomic E-state index is 15.4. The van der Waals surface area contributed by atoms with Gasteiger partial charge < -0.3 is 14.9 Å². The predicted molar refractivity (Wildman–Crippen MR) is 202 cm³/mol. The van der Waals surface area contributed by atoms with E-state index in [-0.39, 0.29) is 47.7 Å². The van der Waals surface area contributed by atoms with Crippen molar-refractivity contribution in [2.45, 2.75) is 37.5 Å². The highest BCUT2D eigenvalue weighted by Crippen LogP contribution is 2.65. The quantitative estimate of drug-likeness (QED) is 0.130. The monoisotopic (exact) mass is 765 g/mol. The molecule has 4 aliphatic rings. The van der Waals surface area contributed by atoms with Gasteiger partial charge in [0.05, 0.1) is 41.0 Å². The van der Waals surface area contributed by atoms with Gasteiger partial charge in [-0.15, -0.1) is 0 Å². The second-order valence-corrected chi connectivity index (χ2v) is 15.3. The highest BCUT2D eigenvalue weighted by atomic mass is 35.5. The van der Waals surface area contributed by atoms with Crippen LogP contribution in [0.4, 0.5) is 5.69 Å². The van der Waals surface area contributed by atoms with Gasteiger partial charge in [-0.3, -0.25) is 29.5 Å². The fourth-order valence-electron chi connectivity index (χ4n) is 9.29. The maximum Gasteiger partial charge on any atom is 0.260 e. The Morgan fingerprint density at radius 2 is 1.63 bits per heavy atom. The van der Waals surface area contributed by atoms with E-state index in [0.29, 0.717) is 39.6 Å². The number of aromatic hydroxyl groups is 2. The molecule has 4 aromatic carbocycles. The average molecular weight is 767 g/mol. The van der Waals surface area contributed by atoms with Crippen LogP contribution in [0.1, 0.15) is 41.0 Å². The molecular weight excluding hydrogens is 729 g/mol. The number of hydrogen-bond acceptors (Lipinski definition) is 8. The van der Waals surface area contributed by atoms with Crippen LogP contribution in [0.3, 0.4) is 0 Å². The molecule has 54 heavy (non-hydrogen) atoms. The number of phenolic OH excluding ortho intramolecular Hbond substituents is 2. The fraction of sp³-hybridized carbons (Fsp3) is 0.286. The van der Waals surface area contributed by atoms with Gasteiger partial charge in [-0.25, -0.2) is 0 Å². The van der Waals surface area contributed by atoms with Crippen LogP contribution in [0, 0.1) is 30.6 Å². The van der Waals surface area contributed by atoms with Gasteiger partial charge in [0, 0.05) is 23.0 Å². The lowest BCUT2D eigenvalue weighted by atomic mass is 9.49. The van der Waals surface area contributed by atoms with Crippen molar-refractivity contribution in [1.29, 1.82) is 0 Å². The Labute approximate surface area is 321 Å². The van der Waals surface area contributed by atoms with E-state index in [1.54, 1.807) is 85.8 Å². The fourth-order valence-corrected chi connectivity index (χ4v) is 9.74. The first-order valence-corrected chi connectivity index (χ1v) is 18.6. The Hall–Kier alpha value is -5.32. The van der Waals surface area contributed by atoms with Crippen molar-refractivity contribution in [3.05, 3.63) is 129 Å². The first kappa shape index (κ1) is 35.7. The van der Waals surface area contributed by atoms with Crippen LogP contribution in [-0.4, -0.2) is 57.4 Å². The Morgan fingerprint density at radius 1 is 0.889 bits per heavy atom. The van der Waals surface area contributed by atoms with E-state index in [9.17, 15) is 24.6 Å². The van der Waals surface area contributed by atoms with Crippen LogP contribution in [0.15, 0.2) is 96.6 Å². The van der Waals surface area contributed by atoms with Gasteiger partial charge in [0.1, 0.15) is 17.2 Å². The van der Waals surface area contributed by atoms with Crippen LogP contribution in [0.2, 0.25) is 10.0 Å². The van der Waals surface area contributed by atoms with Gasteiger partial charge in [0.15, 0.2) is 0 Å². The molecule has 0 unspecified atom stereocenters. The minimum Gasteiger partial charge on any atom is -0.508 e. The Kier molecular flexibility index (Phi) is 8.93. The molecule has 0 radical (unpaired) electrons. The number of anilines is 1. The lowest BCUT2D eigenvalue weighted by Gasteiger charge is -2.50. The summed E-state index contributed by atoms with van der Waals surface area (Å²) in [6.07, 6.45) is 2.72. The van der Waals surface area contributed by atoms with Crippen LogP contribution in [0.5, 0.6) is 17.2 Å². The molecule has 2 saturated heterocycles. The van der Waals surface area contributed by atoms with Gasteiger partial charge in [0.25, 0.3) is 11.8 Å². The summed E-state index contributed by atoms with van der Waals surface area (Å²) in [5.41, 5.74) is 4.85. The zero-order valence-corrected chi connectivity index (χ0v) is 31.0. The van der Waals surface area contributed by atoms with Crippen LogP contribution >= 0.6 is 23.2 Å². The highest BCUT2D eigenvalue weighted by Gasteiger charge is 2.70.